The van der Waals surface area contributed by atoms with Crippen LogP contribution in [0.15, 0.2) is 28.8 Å². The maximum Gasteiger partial charge on any atom is 0.240 e. The third kappa shape index (κ3) is 3.16. The molecule has 1 amide bonds. The fourth-order valence-electron chi connectivity index (χ4n) is 4.03. The van der Waals surface area contributed by atoms with Gasteiger partial charge in [0.1, 0.15) is 5.69 Å². The normalized spacial score (nSPS) is 23.2. The third-order valence-corrected chi connectivity index (χ3v) is 5.51. The minimum Gasteiger partial charge on any atom is -0.356 e. The minimum atomic E-state index is 0.0810. The second-order valence-electron chi connectivity index (χ2n) is 7.37. The van der Waals surface area contributed by atoms with Crippen LogP contribution in [0.3, 0.4) is 0 Å². The lowest BCUT2D eigenvalue weighted by molar-refractivity contribution is -0.134. The summed E-state index contributed by atoms with van der Waals surface area (Å²) < 4.78 is 5.40. The fourth-order valence-corrected chi connectivity index (χ4v) is 4.03. The summed E-state index contributed by atoms with van der Waals surface area (Å²) in [5, 5.41) is 5.34. The van der Waals surface area contributed by atoms with Crippen LogP contribution < -0.4 is 0 Å². The lowest BCUT2D eigenvalue weighted by atomic mass is 10.1. The topological polar surface area (TPSA) is 52.8 Å². The summed E-state index contributed by atoms with van der Waals surface area (Å²) in [6, 6.07) is 8.39. The molecule has 0 saturated carbocycles. The maximum atomic E-state index is 12.6. The van der Waals surface area contributed by atoms with Crippen molar-refractivity contribution in [3.8, 4) is 0 Å². The molecule has 2 aliphatic heterocycles. The van der Waals surface area contributed by atoms with Gasteiger partial charge in [0.2, 0.25) is 5.91 Å². The van der Waals surface area contributed by atoms with Crippen LogP contribution in [-0.2, 0) is 11.3 Å². The monoisotopic (exact) mass is 342 g/mol. The first kappa shape index (κ1) is 16.5. The van der Waals surface area contributed by atoms with Gasteiger partial charge in [0, 0.05) is 50.7 Å². The van der Waals surface area contributed by atoms with Crippen LogP contribution in [0.1, 0.15) is 26.0 Å². The zero-order chi connectivity index (χ0) is 17.4. The quantitative estimate of drug-likeness (QED) is 0.850. The average Bonchev–Trinajstić information content (AvgIpc) is 3.20. The van der Waals surface area contributed by atoms with E-state index in [1.165, 1.54) is 0 Å². The predicted octanol–water partition coefficient (Wildman–Crippen LogP) is 1.95. The number of nitrogens with zero attached hydrogens (tertiary/aromatic N) is 4. The summed E-state index contributed by atoms with van der Waals surface area (Å²) in [5.74, 6) is 0.311. The highest BCUT2D eigenvalue weighted by molar-refractivity contribution is 5.84. The Hall–Kier alpha value is -1.92. The maximum absolute atomic E-state index is 12.6. The van der Waals surface area contributed by atoms with Gasteiger partial charge in [-0.2, -0.15) is 0 Å². The number of carbonyl (C=O) groups excluding carboxylic acids is 1. The van der Waals surface area contributed by atoms with Crippen LogP contribution in [0.4, 0.5) is 0 Å². The number of piperazine rings is 1. The fraction of sp³-hybridized carbons (Fsp3) is 0.579. The number of carbonyl (C=O) groups is 1. The Morgan fingerprint density at radius 2 is 1.92 bits per heavy atom. The van der Waals surface area contributed by atoms with E-state index in [1.54, 1.807) is 0 Å². The van der Waals surface area contributed by atoms with Crippen LogP contribution in [0.25, 0.3) is 11.0 Å². The molecule has 2 aliphatic rings. The van der Waals surface area contributed by atoms with Crippen molar-refractivity contribution in [1.82, 2.24) is 19.9 Å². The number of aromatic nitrogens is 1. The van der Waals surface area contributed by atoms with E-state index in [0.717, 1.165) is 62.4 Å². The molecule has 3 heterocycles. The van der Waals surface area contributed by atoms with Crippen LogP contribution in [0.2, 0.25) is 0 Å². The lowest BCUT2D eigenvalue weighted by Crippen LogP contribution is -2.52. The van der Waals surface area contributed by atoms with E-state index in [0.29, 0.717) is 11.9 Å². The molecule has 25 heavy (non-hydrogen) atoms. The van der Waals surface area contributed by atoms with Crippen LogP contribution in [0.5, 0.6) is 0 Å². The van der Waals surface area contributed by atoms with Gasteiger partial charge in [0.05, 0.1) is 6.04 Å². The van der Waals surface area contributed by atoms with E-state index in [9.17, 15) is 4.79 Å². The van der Waals surface area contributed by atoms with Gasteiger partial charge in [0.15, 0.2) is 5.58 Å². The third-order valence-electron chi connectivity index (χ3n) is 5.51. The summed E-state index contributed by atoms with van der Waals surface area (Å²) in [4.78, 5) is 19.4. The molecule has 1 atom stereocenters. The highest BCUT2D eigenvalue weighted by Crippen LogP contribution is 2.23. The largest absolute Gasteiger partial charge is 0.356 e. The van der Waals surface area contributed by atoms with Crippen molar-refractivity contribution in [2.24, 2.45) is 0 Å². The van der Waals surface area contributed by atoms with Gasteiger partial charge in [-0.25, -0.2) is 0 Å². The van der Waals surface area contributed by atoms with Crippen molar-refractivity contribution in [2.75, 3.05) is 32.7 Å². The Bertz CT molecular complexity index is 749. The number of fused-ring (bicyclic) bond motifs is 1. The van der Waals surface area contributed by atoms with Crippen molar-refractivity contribution >= 4 is 16.9 Å². The highest BCUT2D eigenvalue weighted by Gasteiger charge is 2.38. The molecule has 2 aromatic rings. The van der Waals surface area contributed by atoms with Gasteiger partial charge in [-0.05, 0) is 32.4 Å². The number of likely N-dealkylation sites (tertiary alicyclic amines) is 1. The van der Waals surface area contributed by atoms with E-state index >= 15 is 0 Å². The minimum absolute atomic E-state index is 0.0810. The molecule has 1 aromatic carbocycles. The lowest BCUT2D eigenvalue weighted by Gasteiger charge is -2.37. The number of hydrogen-bond acceptors (Lipinski definition) is 5. The van der Waals surface area contributed by atoms with Gasteiger partial charge in [0.25, 0.3) is 0 Å². The van der Waals surface area contributed by atoms with E-state index in [1.807, 2.05) is 23.1 Å². The zero-order valence-electron chi connectivity index (χ0n) is 15.0. The summed E-state index contributed by atoms with van der Waals surface area (Å²) in [6.07, 6.45) is 0.963. The SMILES string of the molecule is CC(C)N1CCC(N2CCN(Cc3noc4ccccc34)CC2)C1=O. The molecular weight excluding hydrogens is 316 g/mol. The van der Waals surface area contributed by atoms with Crippen molar-refractivity contribution in [3.63, 3.8) is 0 Å². The van der Waals surface area contributed by atoms with Gasteiger partial charge >= 0.3 is 0 Å². The number of hydrogen-bond donors (Lipinski definition) is 0. The molecule has 1 unspecified atom stereocenters. The molecule has 0 aliphatic carbocycles. The Morgan fingerprint density at radius 1 is 1.16 bits per heavy atom. The molecular formula is C19H26N4O2. The second kappa shape index (κ2) is 6.77. The van der Waals surface area contributed by atoms with Gasteiger partial charge in [-0.1, -0.05) is 17.3 Å². The predicted molar refractivity (Wildman–Crippen MR) is 96.1 cm³/mol. The molecule has 0 radical (unpaired) electrons. The standard InChI is InChI=1S/C19H26N4O2/c1-14(2)23-8-7-17(19(23)24)22-11-9-21(10-12-22)13-16-15-5-3-4-6-18(15)25-20-16/h3-6,14,17H,7-13H2,1-2H3. The van der Waals surface area contributed by atoms with Crippen molar-refractivity contribution < 1.29 is 9.32 Å². The van der Waals surface area contributed by atoms with Crippen molar-refractivity contribution in [2.45, 2.75) is 38.9 Å². The van der Waals surface area contributed by atoms with Crippen molar-refractivity contribution in [1.29, 1.82) is 0 Å². The zero-order valence-corrected chi connectivity index (χ0v) is 15.0. The molecule has 6 nitrogen and oxygen atoms in total. The molecule has 6 heteroatoms. The van der Waals surface area contributed by atoms with Gasteiger partial charge in [-0.15, -0.1) is 0 Å². The smallest absolute Gasteiger partial charge is 0.240 e. The summed E-state index contributed by atoms with van der Waals surface area (Å²) in [5.41, 5.74) is 1.86. The van der Waals surface area contributed by atoms with Crippen molar-refractivity contribution in [3.05, 3.63) is 30.0 Å². The summed E-state index contributed by atoms with van der Waals surface area (Å²) in [6.45, 7) is 9.71. The van der Waals surface area contributed by atoms with E-state index in [-0.39, 0.29) is 6.04 Å². The first-order valence-electron chi connectivity index (χ1n) is 9.23. The second-order valence-corrected chi connectivity index (χ2v) is 7.37. The van der Waals surface area contributed by atoms with E-state index in [4.69, 9.17) is 4.52 Å². The first-order valence-corrected chi connectivity index (χ1v) is 9.23. The van der Waals surface area contributed by atoms with Gasteiger partial charge < -0.3 is 9.42 Å². The molecule has 0 spiro atoms. The first-order chi connectivity index (χ1) is 12.1. The summed E-state index contributed by atoms with van der Waals surface area (Å²) in [7, 11) is 0. The molecule has 2 saturated heterocycles. The molecule has 134 valence electrons. The van der Waals surface area contributed by atoms with E-state index in [2.05, 4.69) is 34.9 Å². The number of benzene rings is 1. The Balaban J connectivity index is 1.35. The average molecular weight is 342 g/mol. The molecule has 2 fully saturated rings. The highest BCUT2D eigenvalue weighted by atomic mass is 16.5. The van der Waals surface area contributed by atoms with Crippen LogP contribution in [-0.4, -0.2) is 70.6 Å². The molecule has 1 aromatic heterocycles. The summed E-state index contributed by atoms with van der Waals surface area (Å²) >= 11 is 0. The molecule has 4 rings (SSSR count). The molecule has 0 bridgehead atoms. The Labute approximate surface area is 148 Å². The van der Waals surface area contributed by atoms with Crippen LogP contribution in [0, 0.1) is 0 Å². The Kier molecular flexibility index (Phi) is 4.48. The van der Waals surface area contributed by atoms with E-state index < -0.39 is 0 Å². The number of para-hydroxylation sites is 1. The number of amides is 1. The van der Waals surface area contributed by atoms with Crippen LogP contribution >= 0.6 is 0 Å². The van der Waals surface area contributed by atoms with Gasteiger partial charge in [-0.3, -0.25) is 14.6 Å². The number of rotatable bonds is 4. The Morgan fingerprint density at radius 3 is 2.64 bits per heavy atom. The molecule has 0 N–H and O–H groups in total.